The van der Waals surface area contributed by atoms with Gasteiger partial charge in [0.05, 0.1) is 12.3 Å². The number of halogens is 1. The Hall–Kier alpha value is -1.06. The third-order valence-corrected chi connectivity index (χ3v) is 3.90. The molecule has 1 aliphatic rings. The molecule has 0 aliphatic heterocycles. The van der Waals surface area contributed by atoms with Crippen LogP contribution >= 0.6 is 11.6 Å². The zero-order chi connectivity index (χ0) is 14.0. The Kier molecular flexibility index (Phi) is 4.48. The van der Waals surface area contributed by atoms with Gasteiger partial charge in [0.1, 0.15) is 6.73 Å². The van der Waals surface area contributed by atoms with E-state index < -0.39 is 0 Å². The van der Waals surface area contributed by atoms with Gasteiger partial charge in [0.15, 0.2) is 0 Å². The van der Waals surface area contributed by atoms with Gasteiger partial charge in [-0.3, -0.25) is 9.69 Å². The minimum absolute atomic E-state index is 0.0238. The van der Waals surface area contributed by atoms with E-state index in [9.17, 15) is 4.79 Å². The summed E-state index contributed by atoms with van der Waals surface area (Å²) < 4.78 is 5.65. The van der Waals surface area contributed by atoms with Crippen LogP contribution in [-0.2, 0) is 9.53 Å². The van der Waals surface area contributed by atoms with Crippen molar-refractivity contribution in [2.45, 2.75) is 33.6 Å². The van der Waals surface area contributed by atoms with Gasteiger partial charge in [-0.25, -0.2) is 0 Å². The summed E-state index contributed by atoms with van der Waals surface area (Å²) in [5.41, 5.74) is 2.83. The Morgan fingerprint density at radius 1 is 1.42 bits per heavy atom. The van der Waals surface area contributed by atoms with E-state index in [0.717, 1.165) is 23.4 Å². The van der Waals surface area contributed by atoms with Crippen LogP contribution in [0, 0.1) is 19.8 Å². The van der Waals surface area contributed by atoms with Gasteiger partial charge in [-0.1, -0.05) is 17.7 Å². The molecule has 4 heteroatoms. The van der Waals surface area contributed by atoms with Gasteiger partial charge < -0.3 is 4.74 Å². The van der Waals surface area contributed by atoms with Crippen LogP contribution in [0.15, 0.2) is 12.1 Å². The van der Waals surface area contributed by atoms with Crippen molar-refractivity contribution >= 4 is 23.2 Å². The van der Waals surface area contributed by atoms with Gasteiger partial charge in [0, 0.05) is 11.9 Å². The maximum absolute atomic E-state index is 11.9. The highest BCUT2D eigenvalue weighted by atomic mass is 35.5. The minimum atomic E-state index is -0.0238. The Labute approximate surface area is 119 Å². The fraction of sp³-hybridized carbons (Fsp3) is 0.533. The van der Waals surface area contributed by atoms with Crippen LogP contribution in [0.4, 0.5) is 5.69 Å². The quantitative estimate of drug-likeness (QED) is 0.770. The van der Waals surface area contributed by atoms with Gasteiger partial charge in [0.25, 0.3) is 0 Å². The standard InChI is InChI=1S/C15H20ClNO2/c1-10-4-7-14(16)11(2)15(10)17(12(3)18)9-19-8-13-5-6-13/h4,7,13H,5-6,8-9H2,1-3H3. The third-order valence-electron chi connectivity index (χ3n) is 3.49. The normalized spacial score (nSPS) is 14.5. The monoisotopic (exact) mass is 281 g/mol. The number of carbonyl (C=O) groups excluding carboxylic acids is 1. The molecule has 0 saturated heterocycles. The summed E-state index contributed by atoms with van der Waals surface area (Å²) in [6, 6.07) is 3.79. The van der Waals surface area contributed by atoms with Crippen molar-refractivity contribution in [3.8, 4) is 0 Å². The first-order valence-electron chi connectivity index (χ1n) is 6.62. The lowest BCUT2D eigenvalue weighted by Crippen LogP contribution is -2.32. The first-order chi connectivity index (χ1) is 9.00. The van der Waals surface area contributed by atoms with Crippen LogP contribution in [-0.4, -0.2) is 19.2 Å². The highest BCUT2D eigenvalue weighted by molar-refractivity contribution is 6.31. The molecule has 1 saturated carbocycles. The first kappa shape index (κ1) is 14.4. The summed E-state index contributed by atoms with van der Waals surface area (Å²) in [6.45, 7) is 6.51. The van der Waals surface area contributed by atoms with Crippen molar-refractivity contribution in [3.63, 3.8) is 0 Å². The summed E-state index contributed by atoms with van der Waals surface area (Å²) in [6.07, 6.45) is 2.49. The largest absolute Gasteiger partial charge is 0.360 e. The first-order valence-corrected chi connectivity index (χ1v) is 7.00. The van der Waals surface area contributed by atoms with Crippen LogP contribution in [0.5, 0.6) is 0 Å². The lowest BCUT2D eigenvalue weighted by Gasteiger charge is -2.25. The van der Waals surface area contributed by atoms with E-state index in [4.69, 9.17) is 16.3 Å². The summed E-state index contributed by atoms with van der Waals surface area (Å²) in [5, 5.41) is 0.675. The molecule has 0 radical (unpaired) electrons. The third kappa shape index (κ3) is 3.48. The molecule has 1 aromatic carbocycles. The number of aryl methyl sites for hydroxylation is 1. The summed E-state index contributed by atoms with van der Waals surface area (Å²) in [5.74, 6) is 0.666. The van der Waals surface area contributed by atoms with Crippen LogP contribution in [0.3, 0.4) is 0 Å². The van der Waals surface area contributed by atoms with Gasteiger partial charge >= 0.3 is 0 Å². The topological polar surface area (TPSA) is 29.5 Å². The van der Waals surface area contributed by atoms with E-state index in [2.05, 4.69) is 0 Å². The van der Waals surface area contributed by atoms with Gasteiger partial charge in [0.2, 0.25) is 5.91 Å². The summed E-state index contributed by atoms with van der Waals surface area (Å²) in [7, 11) is 0. The fourth-order valence-electron chi connectivity index (χ4n) is 2.13. The number of carbonyl (C=O) groups is 1. The zero-order valence-corrected chi connectivity index (χ0v) is 12.5. The average molecular weight is 282 g/mol. The Balaban J connectivity index is 2.17. The molecule has 0 bridgehead atoms. The maximum atomic E-state index is 11.9. The van der Waals surface area contributed by atoms with Crippen molar-refractivity contribution in [1.29, 1.82) is 0 Å². The molecule has 1 aromatic rings. The lowest BCUT2D eigenvalue weighted by atomic mass is 10.1. The van der Waals surface area contributed by atoms with Crippen molar-refractivity contribution in [1.82, 2.24) is 0 Å². The molecule has 0 atom stereocenters. The molecule has 1 amide bonds. The number of nitrogens with zero attached hydrogens (tertiary/aromatic N) is 1. The molecule has 1 fully saturated rings. The number of benzene rings is 1. The Morgan fingerprint density at radius 2 is 2.11 bits per heavy atom. The molecule has 0 unspecified atom stereocenters. The average Bonchev–Trinajstić information content (AvgIpc) is 3.16. The highest BCUT2D eigenvalue weighted by Crippen LogP contribution is 2.32. The number of rotatable bonds is 5. The van der Waals surface area contributed by atoms with Crippen molar-refractivity contribution in [2.24, 2.45) is 5.92 Å². The molecule has 0 heterocycles. The van der Waals surface area contributed by atoms with E-state index in [1.165, 1.54) is 12.8 Å². The lowest BCUT2D eigenvalue weighted by molar-refractivity contribution is -0.117. The van der Waals surface area contributed by atoms with E-state index in [0.29, 0.717) is 17.7 Å². The molecular weight excluding hydrogens is 262 g/mol. The van der Waals surface area contributed by atoms with Crippen molar-refractivity contribution in [2.75, 3.05) is 18.2 Å². The second kappa shape index (κ2) is 5.93. The molecule has 2 rings (SSSR count). The summed E-state index contributed by atoms with van der Waals surface area (Å²) >= 11 is 6.15. The van der Waals surface area contributed by atoms with Crippen LogP contribution in [0.2, 0.25) is 5.02 Å². The zero-order valence-electron chi connectivity index (χ0n) is 11.7. The number of amides is 1. The van der Waals surface area contributed by atoms with Crippen LogP contribution in [0.25, 0.3) is 0 Å². The second-order valence-corrected chi connectivity index (χ2v) is 5.64. The number of hydrogen-bond acceptors (Lipinski definition) is 2. The van der Waals surface area contributed by atoms with E-state index in [1.807, 2.05) is 26.0 Å². The smallest absolute Gasteiger partial charge is 0.225 e. The van der Waals surface area contributed by atoms with E-state index in [1.54, 1.807) is 11.8 Å². The van der Waals surface area contributed by atoms with Crippen molar-refractivity contribution < 1.29 is 9.53 Å². The molecule has 19 heavy (non-hydrogen) atoms. The molecular formula is C15H20ClNO2. The van der Waals surface area contributed by atoms with Crippen LogP contribution in [0.1, 0.15) is 30.9 Å². The predicted molar refractivity (Wildman–Crippen MR) is 77.6 cm³/mol. The Morgan fingerprint density at radius 3 is 2.68 bits per heavy atom. The Bertz CT molecular complexity index is 483. The number of hydrogen-bond donors (Lipinski definition) is 0. The molecule has 3 nitrogen and oxygen atoms in total. The van der Waals surface area contributed by atoms with Gasteiger partial charge in [-0.2, -0.15) is 0 Å². The molecule has 0 spiro atoms. The van der Waals surface area contributed by atoms with Gasteiger partial charge in [-0.15, -0.1) is 0 Å². The predicted octanol–water partition coefficient (Wildman–Crippen LogP) is 3.69. The molecule has 0 aromatic heterocycles. The summed E-state index contributed by atoms with van der Waals surface area (Å²) in [4.78, 5) is 13.5. The molecule has 0 N–H and O–H groups in total. The van der Waals surface area contributed by atoms with E-state index in [-0.39, 0.29) is 5.91 Å². The minimum Gasteiger partial charge on any atom is -0.360 e. The SMILES string of the molecule is CC(=O)N(COCC1CC1)c1c(C)ccc(Cl)c1C. The highest BCUT2D eigenvalue weighted by Gasteiger charge is 2.23. The maximum Gasteiger partial charge on any atom is 0.225 e. The number of anilines is 1. The number of ether oxygens (including phenoxy) is 1. The van der Waals surface area contributed by atoms with Crippen molar-refractivity contribution in [3.05, 3.63) is 28.3 Å². The second-order valence-electron chi connectivity index (χ2n) is 5.23. The van der Waals surface area contributed by atoms with E-state index >= 15 is 0 Å². The molecule has 104 valence electrons. The fourth-order valence-corrected chi connectivity index (χ4v) is 2.29. The molecule has 1 aliphatic carbocycles. The van der Waals surface area contributed by atoms with Crippen LogP contribution < -0.4 is 4.90 Å². The van der Waals surface area contributed by atoms with Gasteiger partial charge in [-0.05, 0) is 49.8 Å².